The fourth-order valence-electron chi connectivity index (χ4n) is 5.77. The first-order valence-corrected chi connectivity index (χ1v) is 18.8. The van der Waals surface area contributed by atoms with Crippen LogP contribution in [0.5, 0.6) is 0 Å². The number of phosphoric ester groups is 2. The molecule has 10 atom stereocenters. The maximum Gasteiger partial charge on any atom is 0.510 e. The van der Waals surface area contributed by atoms with Gasteiger partial charge in [-0.1, -0.05) is 0 Å². The van der Waals surface area contributed by atoms with Gasteiger partial charge in [-0.3, -0.25) is 41.5 Å². The zero-order valence-electron chi connectivity index (χ0n) is 28.3. The number of H-pyrrole nitrogens is 1. The first-order valence-electron chi connectivity index (χ1n) is 15.9. The van der Waals surface area contributed by atoms with E-state index in [1.165, 1.54) is 10.9 Å². The summed E-state index contributed by atoms with van der Waals surface area (Å²) in [5, 5.41) is 11.5. The SMILES string of the molecule is COP1(=O)OC[C@H]2OC(n3cnc4c(=O)[nH]c(N)nc43)C(OP(=O)(OCOC(=O)OC(C)C)OCC3O[C@@H](n4cnc5c(N)ncnc54)C(F)C3O1)C2O. The van der Waals surface area contributed by atoms with Gasteiger partial charge in [-0.05, 0) is 13.8 Å². The number of nitrogen functional groups attached to an aromatic ring is 2. The maximum absolute atomic E-state index is 16.4. The largest absolute Gasteiger partial charge is 0.510 e. The molecule has 7 rings (SSSR count). The number of aliphatic hydroxyl groups excluding tert-OH is 1. The topological polar surface area (TPSA) is 323 Å². The number of nitrogens with one attached hydrogen (secondary N) is 1. The number of aromatic nitrogens is 8. The molecule has 54 heavy (non-hydrogen) atoms. The van der Waals surface area contributed by atoms with Gasteiger partial charge >= 0.3 is 21.8 Å². The molecule has 3 aliphatic heterocycles. The van der Waals surface area contributed by atoms with Crippen LogP contribution in [0.2, 0.25) is 0 Å². The number of rotatable bonds is 7. The van der Waals surface area contributed by atoms with Crippen LogP contribution in [-0.2, 0) is 55.2 Å². The summed E-state index contributed by atoms with van der Waals surface area (Å²) >= 11 is 0. The quantitative estimate of drug-likeness (QED) is 0.114. The van der Waals surface area contributed by atoms with Crippen molar-refractivity contribution in [2.24, 2.45) is 0 Å². The Morgan fingerprint density at radius 3 is 2.41 bits per heavy atom. The molecule has 0 saturated carbocycles. The van der Waals surface area contributed by atoms with Crippen molar-refractivity contribution >= 4 is 55.9 Å². The Kier molecular flexibility index (Phi) is 10.4. The Hall–Kier alpha value is -4.20. The number of hydrogen-bond acceptors (Lipinski definition) is 22. The number of nitrogens with zero attached hydrogens (tertiary/aromatic N) is 7. The van der Waals surface area contributed by atoms with Crippen molar-refractivity contribution in [1.82, 2.24) is 39.0 Å². The third-order valence-electron chi connectivity index (χ3n) is 8.20. The molecule has 0 spiro atoms. The fraction of sp³-hybridized carbons (Fsp3) is 0.577. The summed E-state index contributed by atoms with van der Waals surface area (Å²) in [4.78, 5) is 47.1. The minimum absolute atomic E-state index is 0.00612. The second-order valence-electron chi connectivity index (χ2n) is 12.0. The normalized spacial score (nSPS) is 33.3. The molecule has 4 aromatic heterocycles. The molecule has 6 N–H and O–H groups in total. The van der Waals surface area contributed by atoms with E-state index in [-0.39, 0.29) is 34.1 Å². The average molecular weight is 807 g/mol. The van der Waals surface area contributed by atoms with Gasteiger partial charge in [0.05, 0.1) is 32.0 Å². The number of aromatic amines is 1. The molecule has 0 aromatic carbocycles. The zero-order chi connectivity index (χ0) is 38.5. The molecule has 3 saturated heterocycles. The van der Waals surface area contributed by atoms with Gasteiger partial charge in [0.15, 0.2) is 41.3 Å². The Morgan fingerprint density at radius 2 is 1.67 bits per heavy atom. The van der Waals surface area contributed by atoms with Crippen LogP contribution in [0.15, 0.2) is 23.8 Å². The number of halogens is 1. The number of ether oxygens (including phenoxy) is 4. The van der Waals surface area contributed by atoms with E-state index in [9.17, 15) is 23.8 Å². The monoisotopic (exact) mass is 806 g/mol. The van der Waals surface area contributed by atoms with Crippen molar-refractivity contribution < 1.29 is 69.5 Å². The highest BCUT2D eigenvalue weighted by atomic mass is 31.2. The number of alkyl halides is 1. The Bertz CT molecular complexity index is 2190. The lowest BCUT2D eigenvalue weighted by Crippen LogP contribution is -2.35. The number of carbonyl (C=O) groups is 1. The highest BCUT2D eigenvalue weighted by molar-refractivity contribution is 7.48. The molecular formula is C26H33FN10O15P2. The number of imidazole rings is 2. The maximum atomic E-state index is 16.4. The van der Waals surface area contributed by atoms with Crippen molar-refractivity contribution in [2.45, 2.75) is 69.1 Å². The van der Waals surface area contributed by atoms with Gasteiger partial charge in [-0.15, -0.1) is 0 Å². The standard InChI is InChI=1S/C26H33FN10O15P2/c1-10(2)48-26(40)44-9-47-54(42)46-5-12-17(13(27)23(50-12)36-7-32-14-19(28)30-6-31-20(14)36)51-53(41,43-3)45-4-11-16(38)18(52-54)24(49-11)37-8-33-15-21(37)34-25(29)35-22(15)39/h6-8,10-13,16-18,23-24,38H,4-5,9H2,1-3H3,(H2,28,30,31)(H3,29,34,35,39)/t11-,12?,13?,16?,17?,18?,23-,24?,53?,54?/m1/s1. The zero-order valence-corrected chi connectivity index (χ0v) is 30.1. The van der Waals surface area contributed by atoms with Gasteiger partial charge in [0.1, 0.15) is 42.4 Å². The third kappa shape index (κ3) is 7.29. The number of phosphoric acid groups is 2. The van der Waals surface area contributed by atoms with Crippen molar-refractivity contribution in [3.8, 4) is 0 Å². The lowest BCUT2D eigenvalue weighted by atomic mass is 10.1. The summed E-state index contributed by atoms with van der Waals surface area (Å²) in [7, 11) is -8.85. The third-order valence-corrected chi connectivity index (χ3v) is 11.0. The molecule has 3 aliphatic rings. The van der Waals surface area contributed by atoms with Crippen molar-refractivity contribution in [1.29, 1.82) is 0 Å². The summed E-state index contributed by atoms with van der Waals surface area (Å²) in [5.41, 5.74) is 10.8. The van der Waals surface area contributed by atoms with E-state index in [1.54, 1.807) is 13.8 Å². The molecule has 7 heterocycles. The lowest BCUT2D eigenvalue weighted by Gasteiger charge is -2.27. The number of aliphatic hydroxyl groups is 1. The van der Waals surface area contributed by atoms with Crippen LogP contribution in [0.25, 0.3) is 22.3 Å². The van der Waals surface area contributed by atoms with E-state index in [4.69, 9.17) is 57.6 Å². The molecule has 4 aromatic rings. The minimum Gasteiger partial charge on any atom is -0.432 e. The lowest BCUT2D eigenvalue weighted by molar-refractivity contribution is -0.0775. The van der Waals surface area contributed by atoms with Crippen LogP contribution in [0, 0.1) is 0 Å². The van der Waals surface area contributed by atoms with Crippen LogP contribution in [0.1, 0.15) is 26.3 Å². The van der Waals surface area contributed by atoms with Crippen LogP contribution < -0.4 is 17.0 Å². The predicted molar refractivity (Wildman–Crippen MR) is 174 cm³/mol. The molecule has 0 aliphatic carbocycles. The van der Waals surface area contributed by atoms with Crippen LogP contribution in [0.4, 0.5) is 21.0 Å². The number of hydrogen-bond donors (Lipinski definition) is 4. The van der Waals surface area contributed by atoms with E-state index in [0.717, 1.165) is 24.3 Å². The number of carbonyl (C=O) groups excluding carboxylic acids is 1. The van der Waals surface area contributed by atoms with Crippen molar-refractivity contribution in [2.75, 3.05) is 38.6 Å². The molecular weight excluding hydrogens is 773 g/mol. The first-order chi connectivity index (χ1) is 25.7. The number of nitrogens with two attached hydrogens (primary N) is 2. The van der Waals surface area contributed by atoms with Gasteiger partial charge in [0, 0.05) is 7.11 Å². The highest BCUT2D eigenvalue weighted by Crippen LogP contribution is 2.57. The first kappa shape index (κ1) is 38.1. The van der Waals surface area contributed by atoms with Gasteiger partial charge in [0.2, 0.25) is 12.7 Å². The smallest absolute Gasteiger partial charge is 0.432 e. The molecule has 28 heteroatoms. The fourth-order valence-corrected chi connectivity index (χ4v) is 8.14. The Labute approximate surface area is 301 Å². The van der Waals surface area contributed by atoms with E-state index < -0.39 is 103 Å². The molecule has 0 amide bonds. The molecule has 0 radical (unpaired) electrons. The Balaban J connectivity index is 1.25. The van der Waals surface area contributed by atoms with E-state index in [1.807, 2.05) is 0 Å². The van der Waals surface area contributed by atoms with Crippen molar-refractivity contribution in [3.63, 3.8) is 0 Å². The predicted octanol–water partition coefficient (Wildman–Crippen LogP) is 0.833. The summed E-state index contributed by atoms with van der Waals surface area (Å²) in [5.74, 6) is -0.308. The van der Waals surface area contributed by atoms with E-state index in [0.29, 0.717) is 0 Å². The summed E-state index contributed by atoms with van der Waals surface area (Å²) < 4.78 is 102. The van der Waals surface area contributed by atoms with Gasteiger partial charge in [-0.2, -0.15) is 4.98 Å². The van der Waals surface area contributed by atoms with Crippen molar-refractivity contribution in [3.05, 3.63) is 29.3 Å². The number of fused-ring (bicyclic) bond motifs is 5. The van der Waals surface area contributed by atoms with E-state index in [2.05, 4.69) is 29.9 Å². The molecule has 294 valence electrons. The average Bonchev–Trinajstić information content (AvgIpc) is 3.88. The summed E-state index contributed by atoms with van der Waals surface area (Å²) in [6, 6.07) is 0. The molecule has 3 fully saturated rings. The summed E-state index contributed by atoms with van der Waals surface area (Å²) in [6.45, 7) is 0.370. The molecule has 25 nitrogen and oxygen atoms in total. The van der Waals surface area contributed by atoms with Gasteiger partial charge in [-0.25, -0.2) is 42.8 Å². The van der Waals surface area contributed by atoms with Gasteiger partial charge < -0.3 is 35.5 Å². The van der Waals surface area contributed by atoms with Gasteiger partial charge in [0.25, 0.3) is 5.56 Å². The molecule has 2 bridgehead atoms. The minimum atomic E-state index is -5.08. The molecule has 8 unspecified atom stereocenters. The van der Waals surface area contributed by atoms with Crippen LogP contribution in [0.3, 0.4) is 0 Å². The van der Waals surface area contributed by atoms with E-state index >= 15 is 4.39 Å². The van der Waals surface area contributed by atoms with Crippen LogP contribution in [-0.4, -0.2) is 120 Å². The second kappa shape index (κ2) is 14.8. The Morgan fingerprint density at radius 1 is 1.00 bits per heavy atom. The second-order valence-corrected chi connectivity index (χ2v) is 15.4. The number of anilines is 2. The highest BCUT2D eigenvalue weighted by Gasteiger charge is 2.55. The van der Waals surface area contributed by atoms with Crippen LogP contribution >= 0.6 is 15.6 Å². The summed E-state index contributed by atoms with van der Waals surface area (Å²) in [6.07, 6.45) is -12.1.